The van der Waals surface area contributed by atoms with Gasteiger partial charge in [0, 0.05) is 0 Å². The summed E-state index contributed by atoms with van der Waals surface area (Å²) in [7, 11) is 0. The Morgan fingerprint density at radius 3 is 2.25 bits per heavy atom. The van der Waals surface area contributed by atoms with Crippen LogP contribution in [-0.4, -0.2) is 15.0 Å². The van der Waals surface area contributed by atoms with E-state index >= 15 is 0 Å². The third-order valence-corrected chi connectivity index (χ3v) is 3.09. The average molecular weight is 247 g/mol. The molecule has 1 radical (unpaired) electrons. The van der Waals surface area contributed by atoms with Crippen molar-refractivity contribution in [1.29, 1.82) is 0 Å². The molecule has 1 atom stereocenters. The lowest BCUT2D eigenvalue weighted by molar-refractivity contribution is 0.479. The van der Waals surface area contributed by atoms with Crippen LogP contribution in [0.5, 0.6) is 0 Å². The first kappa shape index (κ1) is 10.6. The summed E-state index contributed by atoms with van der Waals surface area (Å²) in [6, 6.07) is 0. The molecule has 1 unspecified atom stereocenters. The molecule has 0 aromatic carbocycles. The van der Waals surface area contributed by atoms with Gasteiger partial charge in [-0.15, -0.1) is 23.2 Å². The van der Waals surface area contributed by atoms with E-state index in [-0.39, 0.29) is 0 Å². The number of halogens is 4. The van der Waals surface area contributed by atoms with E-state index in [9.17, 15) is 4.79 Å². The van der Waals surface area contributed by atoms with Crippen LogP contribution >= 0.6 is 46.4 Å². The van der Waals surface area contributed by atoms with Gasteiger partial charge in [-0.3, -0.25) is 4.79 Å². The van der Waals surface area contributed by atoms with Crippen molar-refractivity contribution in [2.75, 3.05) is 0 Å². The van der Waals surface area contributed by atoms with Gasteiger partial charge in [0.05, 0.1) is 5.92 Å². The second kappa shape index (κ2) is 3.38. The van der Waals surface area contributed by atoms with E-state index in [1.165, 1.54) is 6.08 Å². The second-order valence-electron chi connectivity index (χ2n) is 2.59. The zero-order valence-electron chi connectivity index (χ0n) is 5.86. The van der Waals surface area contributed by atoms with Gasteiger partial charge in [-0.05, 0) is 6.42 Å². The van der Waals surface area contributed by atoms with Crippen LogP contribution in [0.4, 0.5) is 0 Å². The number of carbonyl (C=O) groups excluding carboxylic acids is 1. The first-order chi connectivity index (χ1) is 5.40. The Hall–Kier alpha value is 0.570. The van der Waals surface area contributed by atoms with Crippen LogP contribution in [0.3, 0.4) is 0 Å². The number of hydrogen-bond acceptors (Lipinski definition) is 1. The van der Waals surface area contributed by atoms with Crippen LogP contribution in [0.1, 0.15) is 6.42 Å². The Morgan fingerprint density at radius 2 is 1.92 bits per heavy atom. The van der Waals surface area contributed by atoms with Crippen molar-refractivity contribution in [3.63, 3.8) is 0 Å². The average Bonchev–Trinajstić information content (AvgIpc) is 1.83. The Labute approximate surface area is 90.6 Å². The molecule has 0 amide bonds. The molecule has 67 valence electrons. The molecule has 0 heterocycles. The molecule has 0 bridgehead atoms. The molecule has 1 aliphatic carbocycles. The van der Waals surface area contributed by atoms with Crippen LogP contribution < -0.4 is 0 Å². The van der Waals surface area contributed by atoms with Crippen molar-refractivity contribution in [2.45, 2.75) is 15.1 Å². The quantitative estimate of drug-likeness (QED) is 0.514. The molecular formula is C7H5Cl4O. The van der Waals surface area contributed by atoms with Gasteiger partial charge in [0.2, 0.25) is 6.29 Å². The van der Waals surface area contributed by atoms with Crippen molar-refractivity contribution < 1.29 is 4.79 Å². The number of allylic oxidation sites excluding steroid dienone is 2. The minimum Gasteiger partial charge on any atom is -0.290 e. The van der Waals surface area contributed by atoms with Gasteiger partial charge in [-0.2, -0.15) is 0 Å². The molecule has 0 fully saturated rings. The summed E-state index contributed by atoms with van der Waals surface area (Å²) in [5.41, 5.74) is 0. The first-order valence-corrected chi connectivity index (χ1v) is 4.72. The number of alkyl halides is 4. The Kier molecular flexibility index (Phi) is 3.00. The summed E-state index contributed by atoms with van der Waals surface area (Å²) in [6.45, 7) is 0. The van der Waals surface area contributed by atoms with E-state index in [2.05, 4.69) is 0 Å². The highest BCUT2D eigenvalue weighted by molar-refractivity contribution is 6.55. The van der Waals surface area contributed by atoms with Crippen LogP contribution in [-0.2, 0) is 4.79 Å². The van der Waals surface area contributed by atoms with Crippen LogP contribution in [0.15, 0.2) is 12.2 Å². The fraction of sp³-hybridized carbons (Fsp3) is 0.571. The Balaban J connectivity index is 3.02. The van der Waals surface area contributed by atoms with Crippen molar-refractivity contribution >= 4 is 52.7 Å². The van der Waals surface area contributed by atoms with Crippen molar-refractivity contribution in [3.8, 4) is 0 Å². The van der Waals surface area contributed by atoms with Crippen molar-refractivity contribution in [2.24, 2.45) is 5.92 Å². The molecule has 1 rings (SSSR count). The van der Waals surface area contributed by atoms with Crippen LogP contribution in [0, 0.1) is 5.92 Å². The third-order valence-electron chi connectivity index (χ3n) is 1.66. The fourth-order valence-corrected chi connectivity index (χ4v) is 2.51. The molecule has 0 saturated heterocycles. The lowest BCUT2D eigenvalue weighted by atomic mass is 9.93. The van der Waals surface area contributed by atoms with Gasteiger partial charge >= 0.3 is 0 Å². The molecular weight excluding hydrogens is 242 g/mol. The smallest absolute Gasteiger partial charge is 0.208 e. The summed E-state index contributed by atoms with van der Waals surface area (Å²) >= 11 is 23.2. The zero-order chi connectivity index (χ0) is 9.41. The first-order valence-electron chi connectivity index (χ1n) is 3.21. The minimum atomic E-state index is -1.34. The van der Waals surface area contributed by atoms with Crippen molar-refractivity contribution in [1.82, 2.24) is 0 Å². The maximum atomic E-state index is 10.5. The topological polar surface area (TPSA) is 17.1 Å². The van der Waals surface area contributed by atoms with Crippen molar-refractivity contribution in [3.05, 3.63) is 12.2 Å². The maximum Gasteiger partial charge on any atom is 0.208 e. The normalized spacial score (nSPS) is 31.5. The van der Waals surface area contributed by atoms with E-state index in [1.54, 1.807) is 12.4 Å². The fourth-order valence-electron chi connectivity index (χ4n) is 1.03. The summed E-state index contributed by atoms with van der Waals surface area (Å²) < 4.78 is -2.59. The molecule has 5 heteroatoms. The molecule has 1 aliphatic rings. The predicted molar refractivity (Wildman–Crippen MR) is 51.8 cm³/mol. The van der Waals surface area contributed by atoms with Crippen LogP contribution in [0.2, 0.25) is 0 Å². The third kappa shape index (κ3) is 1.90. The van der Waals surface area contributed by atoms with Gasteiger partial charge in [-0.1, -0.05) is 35.4 Å². The monoisotopic (exact) mass is 245 g/mol. The highest BCUT2D eigenvalue weighted by atomic mass is 35.5. The molecule has 0 spiro atoms. The minimum absolute atomic E-state index is 0.344. The number of rotatable bonds is 1. The Morgan fingerprint density at radius 1 is 1.33 bits per heavy atom. The molecule has 1 nitrogen and oxygen atoms in total. The van der Waals surface area contributed by atoms with Crippen LogP contribution in [0.25, 0.3) is 0 Å². The zero-order valence-corrected chi connectivity index (χ0v) is 8.88. The molecule has 0 saturated carbocycles. The summed E-state index contributed by atoms with van der Waals surface area (Å²) in [6.07, 6.45) is 5.14. The summed E-state index contributed by atoms with van der Waals surface area (Å²) in [5, 5.41) is 0. The van der Waals surface area contributed by atoms with E-state index in [0.717, 1.165) is 0 Å². The lowest BCUT2D eigenvalue weighted by Gasteiger charge is -2.34. The molecule has 0 aromatic heterocycles. The van der Waals surface area contributed by atoms with E-state index in [4.69, 9.17) is 46.4 Å². The SMILES string of the molecule is O=[C]C1C(Cl)(Cl)C=CCC1(Cl)Cl. The maximum absolute atomic E-state index is 10.5. The van der Waals surface area contributed by atoms with E-state index < -0.39 is 14.6 Å². The van der Waals surface area contributed by atoms with Gasteiger partial charge in [0.1, 0.15) is 8.67 Å². The molecule has 0 aliphatic heterocycles. The molecule has 12 heavy (non-hydrogen) atoms. The lowest BCUT2D eigenvalue weighted by Crippen LogP contribution is -2.41. The highest BCUT2D eigenvalue weighted by Crippen LogP contribution is 2.48. The largest absolute Gasteiger partial charge is 0.290 e. The summed E-state index contributed by atoms with van der Waals surface area (Å²) in [5.74, 6) is -0.915. The predicted octanol–water partition coefficient (Wildman–Crippen LogP) is 3.02. The van der Waals surface area contributed by atoms with E-state index in [1.807, 2.05) is 0 Å². The highest BCUT2D eigenvalue weighted by Gasteiger charge is 2.49. The molecule has 0 N–H and O–H groups in total. The second-order valence-corrected chi connectivity index (χ2v) is 5.58. The van der Waals surface area contributed by atoms with Gasteiger partial charge in [0.15, 0.2) is 0 Å². The van der Waals surface area contributed by atoms with Gasteiger partial charge < -0.3 is 0 Å². The summed E-state index contributed by atoms with van der Waals surface area (Å²) in [4.78, 5) is 10.5. The molecule has 0 aromatic rings. The standard InChI is InChI=1S/C7H5Cl4O/c8-6(9)2-1-3-7(10,11)5(6)4-12/h1-2,5H,3H2. The van der Waals surface area contributed by atoms with E-state index in [0.29, 0.717) is 6.42 Å². The number of hydrogen-bond donors (Lipinski definition) is 0. The van der Waals surface area contributed by atoms with Gasteiger partial charge in [0.25, 0.3) is 0 Å². The Bertz CT molecular complexity index is 221. The van der Waals surface area contributed by atoms with Gasteiger partial charge in [-0.25, -0.2) is 0 Å².